The Bertz CT molecular complexity index is 414. The molecule has 0 spiro atoms. The number of carbonyl (C=O) groups is 2. The highest BCUT2D eigenvalue weighted by atomic mass is 16.3. The zero-order valence-electron chi connectivity index (χ0n) is 12.9. The Morgan fingerprint density at radius 3 is 2.48 bits per heavy atom. The van der Waals surface area contributed by atoms with Gasteiger partial charge < -0.3 is 15.5 Å². The van der Waals surface area contributed by atoms with E-state index < -0.39 is 11.7 Å². The maximum absolute atomic E-state index is 11.4. The SMILES string of the molecule is CC(O)C=CC=CC(=O)CCC=CC(=O)NCC(C)(C)O. The van der Waals surface area contributed by atoms with Gasteiger partial charge in [-0.15, -0.1) is 0 Å². The lowest BCUT2D eigenvalue weighted by molar-refractivity contribution is -0.117. The van der Waals surface area contributed by atoms with E-state index >= 15 is 0 Å². The average molecular weight is 295 g/mol. The van der Waals surface area contributed by atoms with Crippen LogP contribution in [0.3, 0.4) is 0 Å². The van der Waals surface area contributed by atoms with Crippen molar-refractivity contribution in [1.82, 2.24) is 5.32 Å². The number of aliphatic hydroxyl groups excluding tert-OH is 1. The fourth-order valence-corrected chi connectivity index (χ4v) is 1.25. The van der Waals surface area contributed by atoms with Crippen molar-refractivity contribution in [2.45, 2.75) is 45.3 Å². The molecule has 1 unspecified atom stereocenters. The Morgan fingerprint density at radius 2 is 1.90 bits per heavy atom. The van der Waals surface area contributed by atoms with Crippen molar-refractivity contribution < 1.29 is 19.8 Å². The quantitative estimate of drug-likeness (QED) is 0.442. The number of hydrogen-bond acceptors (Lipinski definition) is 4. The van der Waals surface area contributed by atoms with E-state index in [-0.39, 0.29) is 18.2 Å². The van der Waals surface area contributed by atoms with Crippen LogP contribution in [0.25, 0.3) is 0 Å². The van der Waals surface area contributed by atoms with Gasteiger partial charge >= 0.3 is 0 Å². The Kier molecular flexibility index (Phi) is 9.25. The summed E-state index contributed by atoms with van der Waals surface area (Å²) in [5.41, 5.74) is -0.941. The standard InChI is InChI=1S/C16H25NO4/c1-13(18)8-4-5-9-14(19)10-6-7-11-15(20)17-12-16(2,3)21/h4-5,7-9,11,13,18,21H,6,10,12H2,1-3H3,(H,17,20). The number of carbonyl (C=O) groups excluding carboxylic acids is 2. The van der Waals surface area contributed by atoms with Crippen LogP contribution in [0.4, 0.5) is 0 Å². The summed E-state index contributed by atoms with van der Waals surface area (Å²) in [6, 6.07) is 0. The predicted octanol–water partition coefficient (Wildman–Crippen LogP) is 1.27. The van der Waals surface area contributed by atoms with Crippen LogP contribution < -0.4 is 5.32 Å². The summed E-state index contributed by atoms with van der Waals surface area (Å²) < 4.78 is 0. The number of amides is 1. The van der Waals surface area contributed by atoms with Gasteiger partial charge in [0.2, 0.25) is 5.91 Å². The molecule has 0 aromatic heterocycles. The van der Waals surface area contributed by atoms with Gasteiger partial charge in [0.25, 0.3) is 0 Å². The molecule has 0 fully saturated rings. The maximum atomic E-state index is 11.4. The number of aliphatic hydroxyl groups is 2. The van der Waals surface area contributed by atoms with Crippen molar-refractivity contribution in [2.75, 3.05) is 6.54 Å². The minimum absolute atomic E-state index is 0.0493. The van der Waals surface area contributed by atoms with E-state index in [4.69, 9.17) is 5.11 Å². The second-order valence-corrected chi connectivity index (χ2v) is 5.42. The van der Waals surface area contributed by atoms with Crippen molar-refractivity contribution in [3.05, 3.63) is 36.5 Å². The number of nitrogens with one attached hydrogen (secondary N) is 1. The van der Waals surface area contributed by atoms with Gasteiger partial charge in [-0.2, -0.15) is 0 Å². The van der Waals surface area contributed by atoms with Crippen molar-refractivity contribution in [3.63, 3.8) is 0 Å². The Hall–Kier alpha value is -1.72. The van der Waals surface area contributed by atoms with Gasteiger partial charge in [0.05, 0.1) is 11.7 Å². The number of allylic oxidation sites excluding steroid dienone is 4. The average Bonchev–Trinajstić information content (AvgIpc) is 2.36. The fraction of sp³-hybridized carbons (Fsp3) is 0.500. The number of ketones is 1. The lowest BCUT2D eigenvalue weighted by Crippen LogP contribution is -2.37. The number of hydrogen-bond donors (Lipinski definition) is 3. The Balaban J connectivity index is 3.90. The monoisotopic (exact) mass is 295 g/mol. The van der Waals surface area contributed by atoms with Crippen molar-refractivity contribution in [1.29, 1.82) is 0 Å². The summed E-state index contributed by atoms with van der Waals surface area (Å²) in [6.45, 7) is 5.01. The molecule has 0 heterocycles. The van der Waals surface area contributed by atoms with Gasteiger partial charge in [-0.25, -0.2) is 0 Å². The molecule has 0 rings (SSSR count). The van der Waals surface area contributed by atoms with Crippen LogP contribution >= 0.6 is 0 Å². The third-order valence-corrected chi connectivity index (χ3v) is 2.30. The first-order chi connectivity index (χ1) is 9.70. The lowest BCUT2D eigenvalue weighted by Gasteiger charge is -2.16. The van der Waals surface area contributed by atoms with E-state index in [1.165, 1.54) is 12.2 Å². The van der Waals surface area contributed by atoms with E-state index in [0.717, 1.165) is 0 Å². The molecule has 5 nitrogen and oxygen atoms in total. The zero-order valence-corrected chi connectivity index (χ0v) is 12.9. The highest BCUT2D eigenvalue weighted by Gasteiger charge is 2.12. The van der Waals surface area contributed by atoms with Crippen LogP contribution in [-0.4, -0.2) is 40.2 Å². The molecule has 1 amide bonds. The van der Waals surface area contributed by atoms with E-state index in [9.17, 15) is 14.7 Å². The molecule has 3 N–H and O–H groups in total. The summed E-state index contributed by atoms with van der Waals surface area (Å²) in [5, 5.41) is 21.0. The van der Waals surface area contributed by atoms with Crippen molar-refractivity contribution in [2.24, 2.45) is 0 Å². The molecule has 0 radical (unpaired) electrons. The molecule has 5 heteroatoms. The highest BCUT2D eigenvalue weighted by molar-refractivity contribution is 5.90. The fourth-order valence-electron chi connectivity index (χ4n) is 1.25. The molecule has 0 aromatic carbocycles. The van der Waals surface area contributed by atoms with E-state index in [1.807, 2.05) is 0 Å². The first-order valence-corrected chi connectivity index (χ1v) is 6.93. The Morgan fingerprint density at radius 1 is 1.24 bits per heavy atom. The van der Waals surface area contributed by atoms with Crippen LogP contribution in [0.2, 0.25) is 0 Å². The lowest BCUT2D eigenvalue weighted by atomic mass is 10.1. The molecular weight excluding hydrogens is 270 g/mol. The largest absolute Gasteiger partial charge is 0.389 e. The third kappa shape index (κ3) is 14.5. The van der Waals surface area contributed by atoms with Gasteiger partial charge in [0.1, 0.15) is 0 Å². The Labute approximate surface area is 126 Å². The zero-order chi connectivity index (χ0) is 16.3. The smallest absolute Gasteiger partial charge is 0.243 e. The van der Waals surface area contributed by atoms with Gasteiger partial charge in [-0.1, -0.05) is 24.3 Å². The third-order valence-electron chi connectivity index (χ3n) is 2.30. The van der Waals surface area contributed by atoms with Crippen LogP contribution in [-0.2, 0) is 9.59 Å². The van der Waals surface area contributed by atoms with E-state index in [2.05, 4.69) is 5.32 Å². The van der Waals surface area contributed by atoms with Gasteiger partial charge in [-0.05, 0) is 39.3 Å². The van der Waals surface area contributed by atoms with Gasteiger partial charge in [0, 0.05) is 13.0 Å². The highest BCUT2D eigenvalue weighted by Crippen LogP contribution is 1.98. The molecule has 0 bridgehead atoms. The van der Waals surface area contributed by atoms with Crippen LogP contribution in [0.15, 0.2) is 36.5 Å². The molecule has 0 saturated heterocycles. The molecule has 21 heavy (non-hydrogen) atoms. The van der Waals surface area contributed by atoms with Gasteiger partial charge in [0.15, 0.2) is 5.78 Å². The van der Waals surface area contributed by atoms with Gasteiger partial charge in [-0.3, -0.25) is 9.59 Å². The van der Waals surface area contributed by atoms with Crippen LogP contribution in [0, 0.1) is 0 Å². The second-order valence-electron chi connectivity index (χ2n) is 5.42. The van der Waals surface area contributed by atoms with Crippen LogP contribution in [0.1, 0.15) is 33.6 Å². The minimum Gasteiger partial charge on any atom is -0.389 e. The van der Waals surface area contributed by atoms with E-state index in [1.54, 1.807) is 45.1 Å². The molecule has 0 aliphatic carbocycles. The van der Waals surface area contributed by atoms with Crippen LogP contribution in [0.5, 0.6) is 0 Å². The second kappa shape index (κ2) is 10.1. The molecular formula is C16H25NO4. The topological polar surface area (TPSA) is 86.6 Å². The normalized spacial score (nSPS) is 14.1. The van der Waals surface area contributed by atoms with E-state index in [0.29, 0.717) is 12.8 Å². The molecule has 118 valence electrons. The number of rotatable bonds is 9. The molecule has 0 aliphatic heterocycles. The summed E-state index contributed by atoms with van der Waals surface area (Å²) in [6.07, 6.45) is 9.42. The molecule has 0 saturated carbocycles. The molecule has 1 atom stereocenters. The summed E-state index contributed by atoms with van der Waals surface area (Å²) in [5.74, 6) is -0.341. The summed E-state index contributed by atoms with van der Waals surface area (Å²) in [7, 11) is 0. The minimum atomic E-state index is -0.941. The first kappa shape index (κ1) is 19.3. The molecule has 0 aromatic rings. The maximum Gasteiger partial charge on any atom is 0.243 e. The predicted molar refractivity (Wildman–Crippen MR) is 82.6 cm³/mol. The van der Waals surface area contributed by atoms with Crippen molar-refractivity contribution in [3.8, 4) is 0 Å². The first-order valence-electron chi connectivity index (χ1n) is 6.93. The summed E-state index contributed by atoms with van der Waals surface area (Å²) in [4.78, 5) is 22.8. The summed E-state index contributed by atoms with van der Waals surface area (Å²) >= 11 is 0. The molecule has 0 aliphatic rings. The van der Waals surface area contributed by atoms with Crippen molar-refractivity contribution >= 4 is 11.7 Å².